The van der Waals surface area contributed by atoms with Gasteiger partial charge in [-0.2, -0.15) is 8.78 Å². The van der Waals surface area contributed by atoms with E-state index in [9.17, 15) is 24.0 Å². The topological polar surface area (TPSA) is 175 Å². The third-order valence-electron chi connectivity index (χ3n) is 14.3. The largest absolute Gasteiger partial charge is 0.453 e. The maximum atomic E-state index is 16.7. The van der Waals surface area contributed by atoms with E-state index in [1.807, 2.05) is 58.0 Å². The number of hydrogen-bond acceptors (Lipinski definition) is 8. The number of aromatic nitrogens is 2. The first kappa shape index (κ1) is 47.0. The first-order valence-electron chi connectivity index (χ1n) is 23.6. The zero-order valence-electron chi connectivity index (χ0n) is 39.5. The monoisotopic (exact) mass is 941 g/mol. The molecule has 2 aliphatic heterocycles. The molecule has 3 fully saturated rings. The number of imidazole rings is 1. The number of likely N-dealkylation sites (tertiary alicyclic amines) is 2. The van der Waals surface area contributed by atoms with E-state index in [1.165, 1.54) is 20.3 Å². The summed E-state index contributed by atoms with van der Waals surface area (Å²) in [6.45, 7) is 7.91. The van der Waals surface area contributed by atoms with Crippen LogP contribution < -0.4 is 16.0 Å². The third kappa shape index (κ3) is 8.81. The molecule has 5 aromatic rings. The van der Waals surface area contributed by atoms with Crippen LogP contribution in [0, 0.1) is 17.8 Å². The van der Waals surface area contributed by atoms with Crippen LogP contribution in [0.3, 0.4) is 0 Å². The minimum absolute atomic E-state index is 0.0285. The smallest absolute Gasteiger partial charge is 0.407 e. The Hall–Kier alpha value is -7.10. The molecule has 14 nitrogen and oxygen atoms in total. The van der Waals surface area contributed by atoms with Gasteiger partial charge in [0.05, 0.1) is 32.2 Å². The van der Waals surface area contributed by atoms with Gasteiger partial charge < -0.3 is 40.2 Å². The van der Waals surface area contributed by atoms with Crippen molar-refractivity contribution < 1.29 is 42.2 Å². The molecule has 69 heavy (non-hydrogen) atoms. The summed E-state index contributed by atoms with van der Waals surface area (Å²) in [6, 6.07) is 22.0. The third-order valence-corrected chi connectivity index (χ3v) is 14.3. The van der Waals surface area contributed by atoms with E-state index in [-0.39, 0.29) is 58.7 Å². The van der Waals surface area contributed by atoms with Crippen molar-refractivity contribution in [3.05, 3.63) is 108 Å². The number of fused-ring (bicyclic) bond motifs is 5. The van der Waals surface area contributed by atoms with E-state index in [2.05, 4.69) is 25.9 Å². The molecule has 4 aliphatic rings. The highest BCUT2D eigenvalue weighted by molar-refractivity contribution is 6.00. The molecule has 5 amide bonds. The Morgan fingerprint density at radius 3 is 1.93 bits per heavy atom. The van der Waals surface area contributed by atoms with Gasteiger partial charge in [0, 0.05) is 35.0 Å². The number of alkyl halides is 2. The number of aromatic amines is 1. The van der Waals surface area contributed by atoms with Gasteiger partial charge in [-0.3, -0.25) is 14.4 Å². The lowest BCUT2D eigenvalue weighted by Crippen LogP contribution is -2.58. The molecular formula is C53H57F2N7O7. The average molecular weight is 942 g/mol. The van der Waals surface area contributed by atoms with Crippen LogP contribution in [-0.2, 0) is 29.8 Å². The molecule has 6 atom stereocenters. The highest BCUT2D eigenvalue weighted by Gasteiger charge is 2.53. The lowest BCUT2D eigenvalue weighted by Gasteiger charge is -2.37. The Morgan fingerprint density at radius 1 is 0.725 bits per heavy atom. The Labute approximate surface area is 399 Å². The van der Waals surface area contributed by atoms with Gasteiger partial charge in [-0.05, 0) is 114 Å². The van der Waals surface area contributed by atoms with Crippen molar-refractivity contribution in [2.45, 2.75) is 95.9 Å². The molecule has 2 saturated heterocycles. The van der Waals surface area contributed by atoms with Crippen LogP contribution in [0.5, 0.6) is 0 Å². The molecule has 2 bridgehead atoms. The number of halogens is 2. The molecule has 1 saturated carbocycles. The van der Waals surface area contributed by atoms with Gasteiger partial charge in [-0.25, -0.2) is 14.6 Å². The van der Waals surface area contributed by atoms with Gasteiger partial charge in [-0.15, -0.1) is 0 Å². The maximum Gasteiger partial charge on any atom is 0.407 e. The summed E-state index contributed by atoms with van der Waals surface area (Å²) in [7, 11) is 2.50. The number of methoxy groups -OCH3 is 2. The van der Waals surface area contributed by atoms with Crippen molar-refractivity contribution in [1.29, 1.82) is 0 Å². The number of H-pyrrole nitrogens is 1. The van der Waals surface area contributed by atoms with Crippen LogP contribution >= 0.6 is 0 Å². The van der Waals surface area contributed by atoms with Crippen LogP contribution in [0.25, 0.3) is 44.6 Å². The second-order valence-corrected chi connectivity index (χ2v) is 19.3. The van der Waals surface area contributed by atoms with Crippen LogP contribution in [0.4, 0.5) is 24.1 Å². The summed E-state index contributed by atoms with van der Waals surface area (Å²) < 4.78 is 42.9. The summed E-state index contributed by atoms with van der Waals surface area (Å²) in [5.74, 6) is -3.99. The molecule has 16 heteroatoms. The number of hydrogen-bond donors (Lipinski definition) is 4. The number of benzene rings is 4. The number of anilines is 1. The minimum atomic E-state index is -3.31. The summed E-state index contributed by atoms with van der Waals surface area (Å²) in [5.41, 5.74) is 5.19. The highest BCUT2D eigenvalue weighted by atomic mass is 19.3. The number of nitrogens with one attached hydrogen (secondary N) is 4. The normalized spacial score (nSPS) is 20.6. The quantitative estimate of drug-likeness (QED) is 0.0958. The number of piperidine rings is 1. The molecular weight excluding hydrogens is 885 g/mol. The van der Waals surface area contributed by atoms with Crippen LogP contribution in [0.1, 0.15) is 82.8 Å². The Kier molecular flexibility index (Phi) is 12.8. The van der Waals surface area contributed by atoms with Crippen molar-refractivity contribution in [3.63, 3.8) is 0 Å². The van der Waals surface area contributed by atoms with E-state index in [4.69, 9.17) is 9.47 Å². The number of rotatable bonds is 12. The van der Waals surface area contributed by atoms with E-state index < -0.39 is 36.2 Å². The number of carbonyl (C=O) groups is 5. The molecule has 0 spiro atoms. The van der Waals surface area contributed by atoms with Crippen molar-refractivity contribution in [2.24, 2.45) is 17.8 Å². The van der Waals surface area contributed by atoms with Gasteiger partial charge in [-0.1, -0.05) is 82.3 Å². The van der Waals surface area contributed by atoms with E-state index in [0.717, 1.165) is 30.4 Å². The average Bonchev–Trinajstić information content (AvgIpc) is 4.21. The molecule has 1 aromatic heterocycles. The second-order valence-electron chi connectivity index (χ2n) is 19.3. The van der Waals surface area contributed by atoms with Crippen LogP contribution in [0.2, 0.25) is 0 Å². The van der Waals surface area contributed by atoms with Crippen molar-refractivity contribution >= 4 is 35.6 Å². The fraction of sp³-hybridized carbons (Fsp3) is 0.396. The van der Waals surface area contributed by atoms with E-state index in [1.54, 1.807) is 64.5 Å². The van der Waals surface area contributed by atoms with Crippen molar-refractivity contribution in [2.75, 3.05) is 26.1 Å². The van der Waals surface area contributed by atoms with Gasteiger partial charge in [0.25, 0.3) is 5.92 Å². The zero-order chi connectivity index (χ0) is 48.9. The predicted molar refractivity (Wildman–Crippen MR) is 256 cm³/mol. The number of ether oxygens (including phenoxy) is 2. The Morgan fingerprint density at radius 2 is 1.30 bits per heavy atom. The van der Waals surface area contributed by atoms with Crippen molar-refractivity contribution in [3.8, 4) is 44.6 Å². The number of carbonyl (C=O) groups excluding carboxylic acids is 5. The predicted octanol–water partition coefficient (Wildman–Crippen LogP) is 9.27. The summed E-state index contributed by atoms with van der Waals surface area (Å²) in [6.07, 6.45) is 4.08. The van der Waals surface area contributed by atoms with Gasteiger partial charge >= 0.3 is 12.2 Å². The SMILES string of the molecule is COC(=O)NC(C(=O)N1CCCC1c1ncc(-c2cccc(-c3ccc4c(c3)C(F)(F)c3cc(-c5cccc(NC(=O)C6C7CCC(C7)N6C(=O)[C@@H](NC(=O)OC)C(C)C)c5)ccc3-4)c2)[nH]1)C(C)C. The zero-order valence-corrected chi connectivity index (χ0v) is 39.5. The molecule has 360 valence electrons. The molecule has 2 aliphatic carbocycles. The summed E-state index contributed by atoms with van der Waals surface area (Å²) in [5, 5.41) is 8.33. The van der Waals surface area contributed by atoms with Gasteiger partial charge in [0.15, 0.2) is 0 Å². The van der Waals surface area contributed by atoms with E-state index in [0.29, 0.717) is 64.4 Å². The minimum Gasteiger partial charge on any atom is -0.453 e. The Bertz CT molecular complexity index is 2830. The summed E-state index contributed by atoms with van der Waals surface area (Å²) in [4.78, 5) is 77.3. The molecule has 9 rings (SSSR count). The lowest BCUT2D eigenvalue weighted by molar-refractivity contribution is -0.143. The maximum absolute atomic E-state index is 16.7. The second kappa shape index (κ2) is 18.8. The number of nitrogens with zero attached hydrogens (tertiary/aromatic N) is 3. The summed E-state index contributed by atoms with van der Waals surface area (Å²) >= 11 is 0. The molecule has 4 aromatic carbocycles. The highest BCUT2D eigenvalue weighted by Crippen LogP contribution is 2.53. The standard InChI is InChI=1S/C53H57F2N7O7/c1-28(2)44(59-51(66)68-5)49(64)61-21-9-14-43(61)47-56-27-42(58-47)34-12-7-10-30(22-34)32-16-19-38-39-20-17-33(26-41(39)53(54,55)40(38)25-32)31-11-8-13-36(23-31)57-48(63)46-35-15-18-37(24-35)62(46)50(65)45(29(3)4)60-52(67)69-6/h7-8,10-13,16-17,19-20,22-23,25-29,35,37,43-46H,9,14-15,18,21,24H2,1-6H3,(H,56,58)(H,57,63)(H,59,66)(H,60,67)/t35?,37?,43?,44?,45-,46?/m0/s1. The molecule has 5 unspecified atom stereocenters. The van der Waals surface area contributed by atoms with Crippen LogP contribution in [-0.4, -0.2) is 94.6 Å². The number of alkyl carbamates (subject to hydrolysis) is 2. The number of amides is 5. The lowest BCUT2D eigenvalue weighted by atomic mass is 9.95. The van der Waals surface area contributed by atoms with Gasteiger partial charge in [0.1, 0.15) is 23.9 Å². The van der Waals surface area contributed by atoms with Crippen LogP contribution in [0.15, 0.2) is 91.1 Å². The molecule has 0 radical (unpaired) electrons. The first-order chi connectivity index (χ1) is 33.1. The van der Waals surface area contributed by atoms with E-state index >= 15 is 8.78 Å². The molecule has 3 heterocycles. The van der Waals surface area contributed by atoms with Gasteiger partial charge in [0.2, 0.25) is 17.7 Å². The first-order valence-corrected chi connectivity index (χ1v) is 23.6. The van der Waals surface area contributed by atoms with Crippen molar-refractivity contribution in [1.82, 2.24) is 30.4 Å². The Balaban J connectivity index is 0.911. The fourth-order valence-corrected chi connectivity index (χ4v) is 10.8. The molecule has 4 N–H and O–H groups in total. The fourth-order valence-electron chi connectivity index (χ4n) is 10.8.